The molecule has 0 spiro atoms. The average Bonchev–Trinajstić information content (AvgIpc) is 2.72. The van der Waals surface area contributed by atoms with Gasteiger partial charge in [0.05, 0.1) is 12.0 Å². The van der Waals surface area contributed by atoms with Crippen LogP contribution >= 0.6 is 0 Å². The molecule has 1 aromatic heterocycles. The summed E-state index contributed by atoms with van der Waals surface area (Å²) in [6.45, 7) is 8.76. The quantitative estimate of drug-likeness (QED) is 0.837. The van der Waals surface area contributed by atoms with Crippen molar-refractivity contribution in [3.8, 4) is 5.75 Å². The minimum atomic E-state index is -0.0127. The van der Waals surface area contributed by atoms with Gasteiger partial charge in [-0.25, -0.2) is 0 Å². The third-order valence-electron chi connectivity index (χ3n) is 2.96. The van der Waals surface area contributed by atoms with Gasteiger partial charge in [-0.3, -0.25) is 4.79 Å². The van der Waals surface area contributed by atoms with E-state index in [0.29, 0.717) is 13.0 Å². The van der Waals surface area contributed by atoms with Crippen molar-refractivity contribution in [3.05, 3.63) is 30.0 Å². The molecule has 0 aliphatic heterocycles. The Balaban J connectivity index is 2.46. The maximum Gasteiger partial charge on any atom is 0.165 e. The summed E-state index contributed by atoms with van der Waals surface area (Å²) in [7, 11) is 0. The Morgan fingerprint density at radius 3 is 2.68 bits per heavy atom. The standard InChI is InChI=1S/C16H21NO2/c1-5-19-14-8-6-7-12-15(14)11(10-17-12)13(18)9-16(2,3)4/h6-8,10,17H,5,9H2,1-4H3. The maximum atomic E-state index is 12.4. The normalized spacial score (nSPS) is 11.8. The number of hydrogen-bond acceptors (Lipinski definition) is 2. The highest BCUT2D eigenvalue weighted by atomic mass is 16.5. The van der Waals surface area contributed by atoms with Crippen LogP contribution in [0.4, 0.5) is 0 Å². The Bertz CT molecular complexity index is 590. The average molecular weight is 259 g/mol. The van der Waals surface area contributed by atoms with Gasteiger partial charge in [0.25, 0.3) is 0 Å². The largest absolute Gasteiger partial charge is 0.493 e. The highest BCUT2D eigenvalue weighted by molar-refractivity contribution is 6.10. The van der Waals surface area contributed by atoms with E-state index in [1.807, 2.05) is 25.1 Å². The molecule has 0 bridgehead atoms. The number of aromatic amines is 1. The van der Waals surface area contributed by atoms with Crippen LogP contribution in [-0.2, 0) is 0 Å². The molecular weight excluding hydrogens is 238 g/mol. The molecule has 0 saturated heterocycles. The van der Waals surface area contributed by atoms with Crippen LogP contribution in [0.2, 0.25) is 0 Å². The number of benzene rings is 1. The van der Waals surface area contributed by atoms with E-state index >= 15 is 0 Å². The van der Waals surface area contributed by atoms with Gasteiger partial charge in [-0.2, -0.15) is 0 Å². The van der Waals surface area contributed by atoms with Crippen molar-refractivity contribution in [3.63, 3.8) is 0 Å². The fourth-order valence-corrected chi connectivity index (χ4v) is 2.22. The van der Waals surface area contributed by atoms with E-state index in [1.54, 1.807) is 6.20 Å². The monoisotopic (exact) mass is 259 g/mol. The zero-order chi connectivity index (χ0) is 14.0. The first kappa shape index (κ1) is 13.7. The molecular formula is C16H21NO2. The number of hydrogen-bond donors (Lipinski definition) is 1. The molecule has 0 fully saturated rings. The fraction of sp³-hybridized carbons (Fsp3) is 0.438. The maximum absolute atomic E-state index is 12.4. The molecule has 19 heavy (non-hydrogen) atoms. The van der Waals surface area contributed by atoms with E-state index in [1.165, 1.54) is 0 Å². The van der Waals surface area contributed by atoms with Gasteiger partial charge in [0.15, 0.2) is 5.78 Å². The number of nitrogens with one attached hydrogen (secondary N) is 1. The van der Waals surface area contributed by atoms with Gasteiger partial charge in [-0.05, 0) is 24.5 Å². The molecule has 0 radical (unpaired) electrons. The second-order valence-corrected chi connectivity index (χ2v) is 5.97. The topological polar surface area (TPSA) is 42.1 Å². The lowest BCUT2D eigenvalue weighted by Gasteiger charge is -2.16. The van der Waals surface area contributed by atoms with Crippen LogP contribution in [0, 0.1) is 5.41 Å². The Morgan fingerprint density at radius 1 is 1.32 bits per heavy atom. The predicted molar refractivity (Wildman–Crippen MR) is 77.9 cm³/mol. The highest BCUT2D eigenvalue weighted by Gasteiger charge is 2.21. The number of carbonyl (C=O) groups is 1. The van der Waals surface area contributed by atoms with E-state index in [-0.39, 0.29) is 11.2 Å². The molecule has 1 aromatic carbocycles. The van der Waals surface area contributed by atoms with Crippen LogP contribution in [0.25, 0.3) is 10.9 Å². The first-order chi connectivity index (χ1) is 8.92. The molecule has 3 nitrogen and oxygen atoms in total. The Labute approximate surface area is 114 Å². The van der Waals surface area contributed by atoms with Crippen molar-refractivity contribution in [1.82, 2.24) is 4.98 Å². The van der Waals surface area contributed by atoms with Crippen LogP contribution < -0.4 is 4.74 Å². The SMILES string of the molecule is CCOc1cccc2[nH]cc(C(=O)CC(C)(C)C)c12. The van der Waals surface area contributed by atoms with Crippen molar-refractivity contribution in [2.24, 2.45) is 5.41 Å². The zero-order valence-electron chi connectivity index (χ0n) is 12.0. The first-order valence-electron chi connectivity index (χ1n) is 6.68. The van der Waals surface area contributed by atoms with Gasteiger partial charge in [0, 0.05) is 23.7 Å². The van der Waals surface area contributed by atoms with E-state index in [9.17, 15) is 4.79 Å². The minimum absolute atomic E-state index is 0.0127. The first-order valence-corrected chi connectivity index (χ1v) is 6.68. The number of H-pyrrole nitrogens is 1. The zero-order valence-corrected chi connectivity index (χ0v) is 12.0. The minimum Gasteiger partial charge on any atom is -0.493 e. The van der Waals surface area contributed by atoms with Gasteiger partial charge >= 0.3 is 0 Å². The van der Waals surface area contributed by atoms with Crippen molar-refractivity contribution in [2.75, 3.05) is 6.61 Å². The summed E-state index contributed by atoms with van der Waals surface area (Å²) in [6.07, 6.45) is 2.32. The summed E-state index contributed by atoms with van der Waals surface area (Å²) >= 11 is 0. The molecule has 0 aliphatic rings. The summed E-state index contributed by atoms with van der Waals surface area (Å²) in [5.74, 6) is 0.935. The van der Waals surface area contributed by atoms with Gasteiger partial charge in [0.1, 0.15) is 5.75 Å². The summed E-state index contributed by atoms with van der Waals surface area (Å²) in [4.78, 5) is 15.6. The van der Waals surface area contributed by atoms with Crippen LogP contribution in [0.3, 0.4) is 0 Å². The third-order valence-corrected chi connectivity index (χ3v) is 2.96. The van der Waals surface area contributed by atoms with Gasteiger partial charge in [0.2, 0.25) is 0 Å². The third kappa shape index (κ3) is 2.98. The highest BCUT2D eigenvalue weighted by Crippen LogP contribution is 2.31. The number of carbonyl (C=O) groups excluding carboxylic acids is 1. The molecule has 0 unspecified atom stereocenters. The van der Waals surface area contributed by atoms with Crippen molar-refractivity contribution in [1.29, 1.82) is 0 Å². The van der Waals surface area contributed by atoms with Crippen molar-refractivity contribution >= 4 is 16.7 Å². The van der Waals surface area contributed by atoms with Gasteiger partial charge in [-0.15, -0.1) is 0 Å². The summed E-state index contributed by atoms with van der Waals surface area (Å²) in [6, 6.07) is 5.81. The van der Waals surface area contributed by atoms with Crippen LogP contribution in [-0.4, -0.2) is 17.4 Å². The lowest BCUT2D eigenvalue weighted by atomic mass is 9.88. The number of Topliss-reactive ketones (excluding diaryl/α,β-unsaturated/α-hetero) is 1. The fourth-order valence-electron chi connectivity index (χ4n) is 2.22. The molecule has 2 rings (SSSR count). The van der Waals surface area contributed by atoms with E-state index < -0.39 is 0 Å². The Morgan fingerprint density at radius 2 is 2.05 bits per heavy atom. The molecule has 0 atom stereocenters. The molecule has 0 aliphatic carbocycles. The Hall–Kier alpha value is -1.77. The van der Waals surface area contributed by atoms with E-state index in [2.05, 4.69) is 25.8 Å². The van der Waals surface area contributed by atoms with Crippen LogP contribution in [0.1, 0.15) is 44.5 Å². The van der Waals surface area contributed by atoms with Crippen molar-refractivity contribution < 1.29 is 9.53 Å². The smallest absolute Gasteiger partial charge is 0.165 e. The molecule has 1 heterocycles. The molecule has 2 aromatic rings. The van der Waals surface area contributed by atoms with E-state index in [4.69, 9.17) is 4.74 Å². The number of fused-ring (bicyclic) bond motifs is 1. The summed E-state index contributed by atoms with van der Waals surface area (Å²) < 4.78 is 5.63. The number of ketones is 1. The second-order valence-electron chi connectivity index (χ2n) is 5.97. The van der Waals surface area contributed by atoms with Crippen LogP contribution in [0.5, 0.6) is 5.75 Å². The number of ether oxygens (including phenoxy) is 1. The lowest BCUT2D eigenvalue weighted by Crippen LogP contribution is -2.12. The van der Waals surface area contributed by atoms with Gasteiger partial charge in [-0.1, -0.05) is 26.8 Å². The molecule has 0 amide bonds. The predicted octanol–water partition coefficient (Wildman–Crippen LogP) is 4.19. The van der Waals surface area contributed by atoms with Crippen molar-refractivity contribution in [2.45, 2.75) is 34.1 Å². The van der Waals surface area contributed by atoms with Gasteiger partial charge < -0.3 is 9.72 Å². The number of aromatic nitrogens is 1. The Kier molecular flexibility index (Phi) is 3.65. The molecule has 1 N–H and O–H groups in total. The van der Waals surface area contributed by atoms with Crippen LogP contribution in [0.15, 0.2) is 24.4 Å². The summed E-state index contributed by atoms with van der Waals surface area (Å²) in [5.41, 5.74) is 1.67. The summed E-state index contributed by atoms with van der Waals surface area (Å²) in [5, 5.41) is 0.901. The second kappa shape index (κ2) is 5.08. The molecule has 3 heteroatoms. The lowest BCUT2D eigenvalue weighted by molar-refractivity contribution is 0.0941. The molecule has 102 valence electrons. The number of rotatable bonds is 4. The molecule has 0 saturated carbocycles. The van der Waals surface area contributed by atoms with E-state index in [0.717, 1.165) is 22.2 Å².